The molecule has 1 aromatic heterocycles. The van der Waals surface area contributed by atoms with Gasteiger partial charge in [-0.05, 0) is 48.9 Å². The van der Waals surface area contributed by atoms with E-state index in [1.54, 1.807) is 43.3 Å². The van der Waals surface area contributed by atoms with Crippen LogP contribution in [0.25, 0.3) is 5.69 Å². The maximum absolute atomic E-state index is 13.2. The second-order valence-corrected chi connectivity index (χ2v) is 7.40. The van der Waals surface area contributed by atoms with Gasteiger partial charge >= 0.3 is 6.18 Å². The molecule has 3 aromatic rings. The van der Waals surface area contributed by atoms with Crippen molar-refractivity contribution in [2.45, 2.75) is 25.6 Å². The summed E-state index contributed by atoms with van der Waals surface area (Å²) in [6.07, 6.45) is -4.62. The summed E-state index contributed by atoms with van der Waals surface area (Å²) in [4.78, 5) is 12.7. The van der Waals surface area contributed by atoms with Crippen molar-refractivity contribution in [3.63, 3.8) is 0 Å². The second kappa shape index (κ2) is 8.14. The van der Waals surface area contributed by atoms with E-state index in [-0.39, 0.29) is 24.9 Å². The third-order valence-electron chi connectivity index (χ3n) is 4.86. The van der Waals surface area contributed by atoms with Crippen molar-refractivity contribution < 1.29 is 27.4 Å². The summed E-state index contributed by atoms with van der Waals surface area (Å²) < 4.78 is 51.4. The van der Waals surface area contributed by atoms with Crippen LogP contribution < -0.4 is 14.8 Å². The number of carbonyl (C=O) groups excluding carboxylic acids is 1. The average molecular weight is 452 g/mol. The minimum absolute atomic E-state index is 0.119. The van der Waals surface area contributed by atoms with Crippen molar-refractivity contribution in [1.29, 1.82) is 0 Å². The fourth-order valence-electron chi connectivity index (χ4n) is 3.18. The molecule has 1 aliphatic heterocycles. The second-order valence-electron chi connectivity index (χ2n) is 6.96. The van der Waals surface area contributed by atoms with Crippen molar-refractivity contribution in [1.82, 2.24) is 15.1 Å². The SMILES string of the molecule is CC(C(=O)NCc1cc(C(F)(F)F)nn1-c1cccc(Cl)c1)c1ccc2c(c1)OCO2. The Labute approximate surface area is 180 Å². The quantitative estimate of drug-likeness (QED) is 0.611. The summed E-state index contributed by atoms with van der Waals surface area (Å²) >= 11 is 5.97. The highest BCUT2D eigenvalue weighted by molar-refractivity contribution is 6.30. The number of halogens is 4. The predicted octanol–water partition coefficient (Wildman–Crippen LogP) is 4.69. The van der Waals surface area contributed by atoms with Crippen LogP contribution in [0.4, 0.5) is 13.2 Å². The number of amides is 1. The Kier molecular flexibility index (Phi) is 5.53. The lowest BCUT2D eigenvalue weighted by molar-refractivity contribution is -0.141. The summed E-state index contributed by atoms with van der Waals surface area (Å²) in [6, 6.07) is 12.4. The van der Waals surface area contributed by atoms with Crippen molar-refractivity contribution in [2.24, 2.45) is 0 Å². The molecule has 1 aliphatic rings. The molecule has 0 aliphatic carbocycles. The van der Waals surface area contributed by atoms with Gasteiger partial charge in [0, 0.05) is 5.02 Å². The van der Waals surface area contributed by atoms with Crippen molar-refractivity contribution in [2.75, 3.05) is 6.79 Å². The Morgan fingerprint density at radius 2 is 1.97 bits per heavy atom. The van der Waals surface area contributed by atoms with E-state index in [0.29, 0.717) is 27.8 Å². The van der Waals surface area contributed by atoms with Gasteiger partial charge in [-0.3, -0.25) is 4.79 Å². The summed E-state index contributed by atoms with van der Waals surface area (Å²) in [5, 5.41) is 6.70. The highest BCUT2D eigenvalue weighted by Crippen LogP contribution is 2.35. The van der Waals surface area contributed by atoms with E-state index >= 15 is 0 Å². The first-order valence-electron chi connectivity index (χ1n) is 9.32. The lowest BCUT2D eigenvalue weighted by Crippen LogP contribution is -2.28. The van der Waals surface area contributed by atoms with Crippen molar-refractivity contribution in [3.05, 3.63) is 70.5 Å². The first kappa shape index (κ1) is 21.0. The number of hydrogen-bond donors (Lipinski definition) is 1. The van der Waals surface area contributed by atoms with E-state index in [2.05, 4.69) is 10.4 Å². The number of nitrogens with zero attached hydrogens (tertiary/aromatic N) is 2. The van der Waals surface area contributed by atoms with Crippen molar-refractivity contribution >= 4 is 17.5 Å². The van der Waals surface area contributed by atoms with E-state index in [4.69, 9.17) is 21.1 Å². The molecule has 1 atom stereocenters. The van der Waals surface area contributed by atoms with Crippen LogP contribution in [0.2, 0.25) is 5.02 Å². The average Bonchev–Trinajstić information content (AvgIpc) is 3.37. The molecule has 2 aromatic carbocycles. The van der Waals surface area contributed by atoms with Gasteiger partial charge in [-0.2, -0.15) is 18.3 Å². The Bertz CT molecular complexity index is 1130. The molecule has 0 bridgehead atoms. The van der Waals surface area contributed by atoms with Crippen LogP contribution in [0.15, 0.2) is 48.5 Å². The molecule has 31 heavy (non-hydrogen) atoms. The van der Waals surface area contributed by atoms with Gasteiger partial charge in [0.05, 0.1) is 23.8 Å². The highest BCUT2D eigenvalue weighted by atomic mass is 35.5. The molecule has 0 saturated heterocycles. The number of nitrogens with one attached hydrogen (secondary N) is 1. The Balaban J connectivity index is 1.54. The lowest BCUT2D eigenvalue weighted by Gasteiger charge is -2.14. The molecule has 1 N–H and O–H groups in total. The lowest BCUT2D eigenvalue weighted by atomic mass is 10.00. The molecule has 162 valence electrons. The van der Waals surface area contributed by atoms with Crippen LogP contribution in [0.3, 0.4) is 0 Å². The first-order valence-corrected chi connectivity index (χ1v) is 9.69. The molecule has 4 rings (SSSR count). The van der Waals surface area contributed by atoms with Gasteiger partial charge in [0.25, 0.3) is 0 Å². The van der Waals surface area contributed by atoms with Crippen LogP contribution >= 0.6 is 11.6 Å². The molecule has 6 nitrogen and oxygen atoms in total. The van der Waals surface area contributed by atoms with E-state index in [0.717, 1.165) is 10.7 Å². The van der Waals surface area contributed by atoms with Crippen LogP contribution in [-0.2, 0) is 17.5 Å². The van der Waals surface area contributed by atoms with Gasteiger partial charge in [-0.25, -0.2) is 4.68 Å². The number of rotatable bonds is 5. The summed E-state index contributed by atoms with van der Waals surface area (Å²) in [6.45, 7) is 1.67. The highest BCUT2D eigenvalue weighted by Gasteiger charge is 2.35. The van der Waals surface area contributed by atoms with Crippen LogP contribution in [0, 0.1) is 0 Å². The van der Waals surface area contributed by atoms with Crippen LogP contribution in [0.1, 0.15) is 29.8 Å². The minimum Gasteiger partial charge on any atom is -0.454 e. The predicted molar refractivity (Wildman–Crippen MR) is 106 cm³/mol. The first-order chi connectivity index (χ1) is 14.7. The molecular formula is C21H17ClF3N3O3. The third kappa shape index (κ3) is 4.46. The zero-order valence-corrected chi connectivity index (χ0v) is 17.0. The molecule has 10 heteroatoms. The van der Waals surface area contributed by atoms with E-state index < -0.39 is 17.8 Å². The fraction of sp³-hybridized carbons (Fsp3) is 0.238. The number of ether oxygens (including phenoxy) is 2. The normalized spacial score (nSPS) is 13.8. The van der Waals surface area contributed by atoms with Gasteiger partial charge in [0.15, 0.2) is 17.2 Å². The number of hydrogen-bond acceptors (Lipinski definition) is 4. The summed E-state index contributed by atoms with van der Waals surface area (Å²) in [7, 11) is 0. The van der Waals surface area contributed by atoms with Gasteiger partial charge in [-0.1, -0.05) is 23.7 Å². The molecule has 0 saturated carbocycles. The van der Waals surface area contributed by atoms with E-state index in [1.807, 2.05) is 0 Å². The number of alkyl halides is 3. The number of aromatic nitrogens is 2. The van der Waals surface area contributed by atoms with Gasteiger partial charge in [0.1, 0.15) is 0 Å². The number of fused-ring (bicyclic) bond motifs is 1. The largest absolute Gasteiger partial charge is 0.454 e. The Morgan fingerprint density at radius 3 is 2.71 bits per heavy atom. The van der Waals surface area contributed by atoms with E-state index in [1.165, 1.54) is 6.07 Å². The monoisotopic (exact) mass is 451 g/mol. The van der Waals surface area contributed by atoms with Gasteiger partial charge in [0.2, 0.25) is 12.7 Å². The molecular weight excluding hydrogens is 435 g/mol. The number of carbonyl (C=O) groups is 1. The zero-order valence-electron chi connectivity index (χ0n) is 16.2. The Morgan fingerprint density at radius 1 is 1.19 bits per heavy atom. The Hall–Kier alpha value is -3.20. The third-order valence-corrected chi connectivity index (χ3v) is 5.10. The van der Waals surface area contributed by atoms with E-state index in [9.17, 15) is 18.0 Å². The molecule has 0 fully saturated rings. The maximum atomic E-state index is 13.2. The molecule has 0 radical (unpaired) electrons. The zero-order chi connectivity index (χ0) is 22.2. The molecule has 0 spiro atoms. The topological polar surface area (TPSA) is 65.4 Å². The molecule has 2 heterocycles. The molecule has 1 amide bonds. The number of benzene rings is 2. The standard InChI is InChI=1S/C21H17ClF3N3O3/c1-12(13-5-6-17-18(7-13)31-11-30-17)20(29)26-10-16-9-19(21(23,24)25)27-28(16)15-4-2-3-14(22)8-15/h2-9,12H,10-11H2,1H3,(H,26,29). The van der Waals surface area contributed by atoms with Gasteiger partial charge < -0.3 is 14.8 Å². The van der Waals surface area contributed by atoms with Crippen LogP contribution in [0.5, 0.6) is 11.5 Å². The van der Waals surface area contributed by atoms with Crippen LogP contribution in [-0.4, -0.2) is 22.5 Å². The minimum atomic E-state index is -4.62. The van der Waals surface area contributed by atoms with Gasteiger partial charge in [-0.15, -0.1) is 0 Å². The van der Waals surface area contributed by atoms with Crippen molar-refractivity contribution in [3.8, 4) is 17.2 Å². The fourth-order valence-corrected chi connectivity index (χ4v) is 3.36. The molecule has 1 unspecified atom stereocenters. The maximum Gasteiger partial charge on any atom is 0.435 e. The summed E-state index contributed by atoms with van der Waals surface area (Å²) in [5.41, 5.74) is 0.165. The smallest absolute Gasteiger partial charge is 0.435 e. The summed E-state index contributed by atoms with van der Waals surface area (Å²) in [5.74, 6) is 0.234.